The van der Waals surface area contributed by atoms with Gasteiger partial charge in [0.2, 0.25) is 0 Å². The maximum atomic E-state index is 12.7. The maximum absolute atomic E-state index is 12.7. The first-order valence-corrected chi connectivity index (χ1v) is 9.08. The summed E-state index contributed by atoms with van der Waals surface area (Å²) >= 11 is 0. The number of rotatable bonds is 1. The Hall–Kier alpha value is -1.96. The predicted octanol–water partition coefficient (Wildman–Crippen LogP) is 2.61. The lowest BCUT2D eigenvalue weighted by molar-refractivity contribution is -0.185. The Kier molecular flexibility index (Phi) is 4.46. The first-order valence-electron chi connectivity index (χ1n) is 9.08. The highest BCUT2D eigenvalue weighted by atomic mass is 19.4. The van der Waals surface area contributed by atoms with Crippen molar-refractivity contribution in [2.75, 3.05) is 26.2 Å². The van der Waals surface area contributed by atoms with Crippen LogP contribution >= 0.6 is 0 Å². The molecule has 0 spiro atoms. The number of halogens is 3. The van der Waals surface area contributed by atoms with Crippen molar-refractivity contribution in [2.24, 2.45) is 15.9 Å². The van der Waals surface area contributed by atoms with Gasteiger partial charge in [-0.25, -0.2) is 9.98 Å². The third kappa shape index (κ3) is 3.34. The first-order chi connectivity index (χ1) is 12.4. The largest absolute Gasteiger partial charge is 0.471 e. The number of fused-ring (bicyclic) bond motifs is 1. The fourth-order valence-electron chi connectivity index (χ4n) is 4.02. The molecule has 8 heteroatoms. The maximum Gasteiger partial charge on any atom is 0.471 e. The van der Waals surface area contributed by atoms with Gasteiger partial charge in [-0.05, 0) is 50.4 Å². The quantitative estimate of drug-likeness (QED) is 0.776. The third-order valence-electron chi connectivity index (χ3n) is 5.49. The molecule has 1 fully saturated rings. The van der Waals surface area contributed by atoms with Crippen LogP contribution < -0.4 is 5.32 Å². The fourth-order valence-corrected chi connectivity index (χ4v) is 4.02. The van der Waals surface area contributed by atoms with Crippen molar-refractivity contribution in [3.8, 4) is 0 Å². The van der Waals surface area contributed by atoms with Gasteiger partial charge in [0.1, 0.15) is 5.84 Å². The molecule has 140 valence electrons. The van der Waals surface area contributed by atoms with Crippen LogP contribution in [0.2, 0.25) is 0 Å². The molecule has 1 saturated heterocycles. The summed E-state index contributed by atoms with van der Waals surface area (Å²) in [4.78, 5) is 21.8. The molecule has 1 aliphatic carbocycles. The molecule has 26 heavy (non-hydrogen) atoms. The van der Waals surface area contributed by atoms with Crippen molar-refractivity contribution in [1.82, 2.24) is 10.2 Å². The number of aliphatic imine (C=N–C) groups is 2. The minimum absolute atomic E-state index is 0.0955. The molecule has 0 unspecified atom stereocenters. The number of piperidine rings is 1. The van der Waals surface area contributed by atoms with Crippen LogP contribution in [0, 0.1) is 5.92 Å². The molecule has 4 rings (SSSR count). The van der Waals surface area contributed by atoms with Gasteiger partial charge in [-0.1, -0.05) is 5.57 Å². The molecule has 0 bridgehead atoms. The number of hydrogen-bond donors (Lipinski definition) is 1. The van der Waals surface area contributed by atoms with Gasteiger partial charge in [-0.3, -0.25) is 4.79 Å². The number of carbonyl (C=O) groups is 1. The SMILES string of the molecule is O=C(N1CCC2=C(CC1)CC1=NC(C3CCNCC3)=NC1=C2)C(F)(F)F. The number of hydrogen-bond acceptors (Lipinski definition) is 4. The van der Waals surface area contributed by atoms with Gasteiger partial charge < -0.3 is 10.2 Å². The summed E-state index contributed by atoms with van der Waals surface area (Å²) in [6.45, 7) is 2.16. The van der Waals surface area contributed by atoms with Gasteiger partial charge in [0.15, 0.2) is 0 Å². The van der Waals surface area contributed by atoms with Crippen LogP contribution in [0.15, 0.2) is 32.9 Å². The average molecular weight is 366 g/mol. The highest BCUT2D eigenvalue weighted by Gasteiger charge is 2.43. The number of nitrogens with one attached hydrogen (secondary N) is 1. The number of allylic oxidation sites excluding steroid dienone is 2. The summed E-state index contributed by atoms with van der Waals surface area (Å²) in [5.74, 6) is -0.456. The Balaban J connectivity index is 1.48. The van der Waals surface area contributed by atoms with E-state index in [1.165, 1.54) is 0 Å². The molecule has 4 aliphatic rings. The topological polar surface area (TPSA) is 57.1 Å². The molecule has 0 aromatic heterocycles. The molecular weight excluding hydrogens is 345 g/mol. The van der Waals surface area contributed by atoms with E-state index in [1.807, 2.05) is 6.08 Å². The van der Waals surface area contributed by atoms with Gasteiger partial charge in [0.25, 0.3) is 0 Å². The van der Waals surface area contributed by atoms with E-state index in [-0.39, 0.29) is 13.1 Å². The van der Waals surface area contributed by atoms with Crippen LogP contribution in [0.5, 0.6) is 0 Å². The second-order valence-corrected chi connectivity index (χ2v) is 7.18. The molecule has 0 aromatic rings. The average Bonchev–Trinajstić information content (AvgIpc) is 2.92. The Morgan fingerprint density at radius 1 is 1.15 bits per heavy atom. The number of alkyl halides is 3. The molecule has 5 nitrogen and oxygen atoms in total. The summed E-state index contributed by atoms with van der Waals surface area (Å²) in [5.41, 5.74) is 3.89. The Morgan fingerprint density at radius 2 is 1.88 bits per heavy atom. The summed E-state index contributed by atoms with van der Waals surface area (Å²) in [6.07, 6.45) is 0.752. The van der Waals surface area contributed by atoms with E-state index in [9.17, 15) is 18.0 Å². The van der Waals surface area contributed by atoms with Crippen LogP contribution in [0.4, 0.5) is 13.2 Å². The van der Waals surface area contributed by atoms with E-state index < -0.39 is 12.1 Å². The molecule has 0 saturated carbocycles. The zero-order valence-corrected chi connectivity index (χ0v) is 14.4. The van der Waals surface area contributed by atoms with E-state index in [4.69, 9.17) is 9.98 Å². The molecule has 1 amide bonds. The van der Waals surface area contributed by atoms with Crippen molar-refractivity contribution < 1.29 is 18.0 Å². The molecule has 3 heterocycles. The summed E-state index contributed by atoms with van der Waals surface area (Å²) in [6, 6.07) is 0. The van der Waals surface area contributed by atoms with Crippen LogP contribution in [-0.2, 0) is 4.79 Å². The van der Waals surface area contributed by atoms with Crippen molar-refractivity contribution in [3.63, 3.8) is 0 Å². The Labute approximate surface area is 149 Å². The summed E-state index contributed by atoms with van der Waals surface area (Å²) < 4.78 is 38.1. The zero-order chi connectivity index (χ0) is 18.3. The molecule has 0 atom stereocenters. The highest BCUT2D eigenvalue weighted by Crippen LogP contribution is 2.34. The molecular formula is C18H21F3N4O. The number of amidine groups is 1. The molecule has 0 radical (unpaired) electrons. The van der Waals surface area contributed by atoms with E-state index in [0.717, 1.165) is 59.2 Å². The van der Waals surface area contributed by atoms with Gasteiger partial charge in [0, 0.05) is 25.4 Å². The van der Waals surface area contributed by atoms with E-state index in [0.29, 0.717) is 25.2 Å². The predicted molar refractivity (Wildman–Crippen MR) is 92.1 cm³/mol. The number of carbonyl (C=O) groups excluding carboxylic acids is 1. The monoisotopic (exact) mass is 366 g/mol. The van der Waals surface area contributed by atoms with Crippen molar-refractivity contribution in [2.45, 2.75) is 38.3 Å². The normalized spacial score (nSPS) is 24.4. The van der Waals surface area contributed by atoms with Gasteiger partial charge >= 0.3 is 12.1 Å². The third-order valence-corrected chi connectivity index (χ3v) is 5.49. The van der Waals surface area contributed by atoms with E-state index in [2.05, 4.69) is 5.32 Å². The van der Waals surface area contributed by atoms with Crippen LogP contribution in [0.1, 0.15) is 32.1 Å². The summed E-state index contributed by atoms with van der Waals surface area (Å²) in [5, 5.41) is 3.33. The van der Waals surface area contributed by atoms with Gasteiger partial charge in [-0.15, -0.1) is 0 Å². The number of amides is 1. The van der Waals surface area contributed by atoms with Crippen LogP contribution in [0.25, 0.3) is 0 Å². The lowest BCUT2D eigenvalue weighted by Gasteiger charge is -2.21. The molecule has 3 aliphatic heterocycles. The van der Waals surface area contributed by atoms with Gasteiger partial charge in [-0.2, -0.15) is 13.2 Å². The minimum atomic E-state index is -4.81. The highest BCUT2D eigenvalue weighted by molar-refractivity contribution is 6.15. The van der Waals surface area contributed by atoms with Crippen molar-refractivity contribution in [1.29, 1.82) is 0 Å². The standard InChI is InChI=1S/C18H21F3N4O/c19-18(20,21)17(26)25-7-3-12-9-14-15(10-13(12)4-8-25)24-16(23-14)11-1-5-22-6-2-11/h9,11,22H,1-8,10H2. The molecule has 1 N–H and O–H groups in total. The first kappa shape index (κ1) is 17.5. The van der Waals surface area contributed by atoms with E-state index >= 15 is 0 Å². The number of nitrogens with zero attached hydrogens (tertiary/aromatic N) is 3. The smallest absolute Gasteiger partial charge is 0.334 e. The summed E-state index contributed by atoms with van der Waals surface area (Å²) in [7, 11) is 0. The Bertz CT molecular complexity index is 742. The van der Waals surface area contributed by atoms with Crippen molar-refractivity contribution in [3.05, 3.63) is 22.9 Å². The molecule has 0 aromatic carbocycles. The lowest BCUT2D eigenvalue weighted by Crippen LogP contribution is -2.41. The lowest BCUT2D eigenvalue weighted by atomic mass is 9.91. The fraction of sp³-hybridized carbons (Fsp3) is 0.611. The zero-order valence-electron chi connectivity index (χ0n) is 14.4. The second kappa shape index (κ2) is 6.64. The minimum Gasteiger partial charge on any atom is -0.334 e. The van der Waals surface area contributed by atoms with E-state index in [1.54, 1.807) is 0 Å². The second-order valence-electron chi connectivity index (χ2n) is 7.18. The van der Waals surface area contributed by atoms with Crippen LogP contribution in [0.3, 0.4) is 0 Å². The van der Waals surface area contributed by atoms with Crippen LogP contribution in [-0.4, -0.2) is 54.7 Å². The Morgan fingerprint density at radius 3 is 2.62 bits per heavy atom. The van der Waals surface area contributed by atoms with Crippen molar-refractivity contribution >= 4 is 17.5 Å². The van der Waals surface area contributed by atoms with Gasteiger partial charge in [0.05, 0.1) is 11.4 Å².